The Morgan fingerprint density at radius 1 is 0.882 bits per heavy atom. The Hall–Kier alpha value is -2.10. The van der Waals surface area contributed by atoms with Gasteiger partial charge in [0.2, 0.25) is 0 Å². The zero-order valence-electron chi connectivity index (χ0n) is 21.2. The van der Waals surface area contributed by atoms with Gasteiger partial charge in [-0.15, -0.1) is 0 Å². The van der Waals surface area contributed by atoms with Gasteiger partial charge in [-0.3, -0.25) is 9.59 Å². The molecule has 4 aliphatic rings. The first-order valence-electron chi connectivity index (χ1n) is 13.3. The molecule has 1 aromatic carbocycles. The molecule has 8 atom stereocenters. The largest absolute Gasteiger partial charge is 0.463 e. The van der Waals surface area contributed by atoms with Gasteiger partial charge in [-0.1, -0.05) is 50.3 Å². The van der Waals surface area contributed by atoms with Gasteiger partial charge in [0, 0.05) is 19.3 Å². The molecule has 34 heavy (non-hydrogen) atoms. The minimum atomic E-state index is -0.174. The van der Waals surface area contributed by atoms with Crippen LogP contribution in [0.2, 0.25) is 0 Å². The number of fused-ring (bicyclic) bond motifs is 5. The fourth-order valence-corrected chi connectivity index (χ4v) is 8.68. The highest BCUT2D eigenvalue weighted by Crippen LogP contribution is 2.67. The number of rotatable bonds is 3. The predicted octanol–water partition coefficient (Wildman–Crippen LogP) is 6.59. The molecule has 0 heterocycles. The van der Waals surface area contributed by atoms with E-state index in [1.54, 1.807) is 6.92 Å². The molecule has 4 saturated carbocycles. The summed E-state index contributed by atoms with van der Waals surface area (Å²) in [4.78, 5) is 23.7. The van der Waals surface area contributed by atoms with E-state index in [9.17, 15) is 9.59 Å². The first-order chi connectivity index (χ1) is 16.2. The monoisotopic (exact) mass is 464 g/mol. The molecule has 0 radical (unpaired) electrons. The molecule has 0 saturated heterocycles. The molecule has 0 aliphatic heterocycles. The van der Waals surface area contributed by atoms with Crippen LogP contribution in [0.25, 0.3) is 6.08 Å². The lowest BCUT2D eigenvalue weighted by molar-refractivity contribution is -0.166. The number of hydrogen-bond donors (Lipinski definition) is 0. The Morgan fingerprint density at radius 2 is 1.59 bits per heavy atom. The van der Waals surface area contributed by atoms with Crippen LogP contribution in [0.3, 0.4) is 0 Å². The van der Waals surface area contributed by atoms with Crippen LogP contribution in [0, 0.1) is 34.5 Å². The van der Waals surface area contributed by atoms with Crippen molar-refractivity contribution in [1.29, 1.82) is 0 Å². The Balaban J connectivity index is 1.42. The van der Waals surface area contributed by atoms with Crippen LogP contribution in [0.4, 0.5) is 0 Å². The lowest BCUT2D eigenvalue weighted by Gasteiger charge is -2.60. The van der Waals surface area contributed by atoms with Crippen molar-refractivity contribution < 1.29 is 19.1 Å². The summed E-state index contributed by atoms with van der Waals surface area (Å²) in [5.41, 5.74) is 2.81. The van der Waals surface area contributed by atoms with Crippen LogP contribution in [-0.4, -0.2) is 24.1 Å². The van der Waals surface area contributed by atoms with Crippen LogP contribution in [-0.2, 0) is 19.1 Å². The zero-order valence-corrected chi connectivity index (χ0v) is 21.2. The van der Waals surface area contributed by atoms with Crippen molar-refractivity contribution in [2.45, 2.75) is 91.3 Å². The average molecular weight is 465 g/mol. The Kier molecular flexibility index (Phi) is 6.14. The third-order valence-electron chi connectivity index (χ3n) is 10.2. The Bertz CT molecular complexity index is 967. The normalized spacial score (nSPS) is 42.3. The molecule has 1 aromatic rings. The van der Waals surface area contributed by atoms with E-state index < -0.39 is 0 Å². The number of carbonyl (C=O) groups is 2. The number of hydrogen-bond acceptors (Lipinski definition) is 4. The van der Waals surface area contributed by atoms with E-state index in [1.165, 1.54) is 37.3 Å². The molecule has 0 unspecified atom stereocenters. The SMILES string of the molecule is CC(=O)O[C@H]1CC[C@@]2(C)[C@@H](CC[C@@H]3[C@@H]2CC[C@]2(C)[C@H](OC(C)=O)/C(=C/c4ccccc4)C[C@@H]32)C1. The fraction of sp³-hybridized carbons (Fsp3) is 0.667. The maximum Gasteiger partial charge on any atom is 0.303 e. The summed E-state index contributed by atoms with van der Waals surface area (Å²) in [5, 5.41) is 0. The molecule has 0 spiro atoms. The van der Waals surface area contributed by atoms with Crippen molar-refractivity contribution in [3.63, 3.8) is 0 Å². The summed E-state index contributed by atoms with van der Waals surface area (Å²) in [6.45, 7) is 8.00. The lowest BCUT2D eigenvalue weighted by atomic mass is 9.45. The minimum absolute atomic E-state index is 0.00555. The molecule has 0 N–H and O–H groups in total. The van der Waals surface area contributed by atoms with Crippen LogP contribution >= 0.6 is 0 Å². The van der Waals surface area contributed by atoms with Gasteiger partial charge in [0.1, 0.15) is 12.2 Å². The quantitative estimate of drug-likeness (QED) is 0.474. The summed E-state index contributed by atoms with van der Waals surface area (Å²) in [6.07, 6.45) is 11.2. The van der Waals surface area contributed by atoms with Gasteiger partial charge in [0.25, 0.3) is 0 Å². The predicted molar refractivity (Wildman–Crippen MR) is 133 cm³/mol. The zero-order chi connectivity index (χ0) is 24.1. The van der Waals surface area contributed by atoms with E-state index in [1.807, 2.05) is 6.07 Å². The van der Waals surface area contributed by atoms with E-state index >= 15 is 0 Å². The standard InChI is InChI=1S/C30H40O4/c1-19(31)33-24-12-14-29(3)23(18-24)10-11-25-26(29)13-15-30(4)27(25)17-22(28(30)34-20(2)32)16-21-8-6-5-7-9-21/h5-9,16,23-28H,10-15,17-18H2,1-4H3/b22-16+/t23-,24-,25+,26-,27-,28+,29-,30-/m0/s1. The maximum atomic E-state index is 12.2. The van der Waals surface area contributed by atoms with Crippen molar-refractivity contribution in [2.24, 2.45) is 34.5 Å². The fourth-order valence-electron chi connectivity index (χ4n) is 8.68. The van der Waals surface area contributed by atoms with Crippen LogP contribution in [0.15, 0.2) is 35.9 Å². The molecular formula is C30H40O4. The number of benzene rings is 1. The van der Waals surface area contributed by atoms with Crippen molar-refractivity contribution in [3.05, 3.63) is 41.5 Å². The van der Waals surface area contributed by atoms with Gasteiger partial charge >= 0.3 is 11.9 Å². The number of ether oxygens (including phenoxy) is 2. The molecule has 0 aromatic heterocycles. The second kappa shape index (κ2) is 8.84. The van der Waals surface area contributed by atoms with E-state index in [0.29, 0.717) is 29.1 Å². The maximum absolute atomic E-state index is 12.2. The Labute approximate surface area is 204 Å². The number of esters is 2. The average Bonchev–Trinajstić information content (AvgIpc) is 3.05. The minimum Gasteiger partial charge on any atom is -0.463 e. The second-order valence-electron chi connectivity index (χ2n) is 12.0. The Morgan fingerprint density at radius 3 is 2.29 bits per heavy atom. The van der Waals surface area contributed by atoms with Gasteiger partial charge in [0.15, 0.2) is 0 Å². The third kappa shape index (κ3) is 4.01. The van der Waals surface area contributed by atoms with Crippen molar-refractivity contribution in [3.8, 4) is 0 Å². The van der Waals surface area contributed by atoms with E-state index in [4.69, 9.17) is 9.47 Å². The van der Waals surface area contributed by atoms with Crippen molar-refractivity contribution >= 4 is 18.0 Å². The number of carbonyl (C=O) groups excluding carboxylic acids is 2. The van der Waals surface area contributed by atoms with Crippen molar-refractivity contribution in [1.82, 2.24) is 0 Å². The highest BCUT2D eigenvalue weighted by molar-refractivity contribution is 5.67. The second-order valence-corrected chi connectivity index (χ2v) is 12.0. The lowest BCUT2D eigenvalue weighted by Crippen LogP contribution is -2.54. The molecule has 5 rings (SSSR count). The molecule has 4 heteroatoms. The molecule has 184 valence electrons. The first-order valence-corrected chi connectivity index (χ1v) is 13.3. The molecule has 0 bridgehead atoms. The highest BCUT2D eigenvalue weighted by Gasteiger charge is 2.62. The van der Waals surface area contributed by atoms with Crippen molar-refractivity contribution in [2.75, 3.05) is 0 Å². The van der Waals surface area contributed by atoms with E-state index in [2.05, 4.69) is 44.2 Å². The topological polar surface area (TPSA) is 52.6 Å². The van der Waals surface area contributed by atoms with Crippen LogP contribution < -0.4 is 0 Å². The molecular weight excluding hydrogens is 424 g/mol. The summed E-state index contributed by atoms with van der Waals surface area (Å²) >= 11 is 0. The van der Waals surface area contributed by atoms with Gasteiger partial charge in [0.05, 0.1) is 0 Å². The van der Waals surface area contributed by atoms with Crippen LogP contribution in [0.5, 0.6) is 0 Å². The van der Waals surface area contributed by atoms with Crippen LogP contribution in [0.1, 0.15) is 84.6 Å². The van der Waals surface area contributed by atoms with Gasteiger partial charge in [-0.25, -0.2) is 0 Å². The van der Waals surface area contributed by atoms with E-state index in [-0.39, 0.29) is 29.6 Å². The molecule has 4 aliphatic carbocycles. The summed E-state index contributed by atoms with van der Waals surface area (Å²) in [6, 6.07) is 10.5. The smallest absolute Gasteiger partial charge is 0.303 e. The van der Waals surface area contributed by atoms with E-state index in [0.717, 1.165) is 32.1 Å². The summed E-state index contributed by atoms with van der Waals surface area (Å²) in [5.74, 6) is 2.25. The van der Waals surface area contributed by atoms with Gasteiger partial charge < -0.3 is 9.47 Å². The molecule has 4 fully saturated rings. The van der Waals surface area contributed by atoms with Gasteiger partial charge in [-0.2, -0.15) is 0 Å². The molecule has 0 amide bonds. The van der Waals surface area contributed by atoms with Gasteiger partial charge in [-0.05, 0) is 91.6 Å². The highest BCUT2D eigenvalue weighted by atomic mass is 16.5. The third-order valence-corrected chi connectivity index (χ3v) is 10.2. The molecule has 4 nitrogen and oxygen atoms in total. The first kappa shape index (κ1) is 23.6. The summed E-state index contributed by atoms with van der Waals surface area (Å²) < 4.78 is 11.7. The summed E-state index contributed by atoms with van der Waals surface area (Å²) in [7, 11) is 0.